The molecule has 7 heteroatoms. The first-order chi connectivity index (χ1) is 15.5. The molecule has 32 heavy (non-hydrogen) atoms. The minimum Gasteiger partial charge on any atom is -0.454 e. The molecule has 3 heterocycles. The van der Waals surface area contributed by atoms with Crippen LogP contribution in [0.5, 0.6) is 11.5 Å². The second-order valence-corrected chi connectivity index (χ2v) is 8.05. The van der Waals surface area contributed by atoms with Crippen LogP contribution < -0.4 is 14.8 Å². The quantitative estimate of drug-likeness (QED) is 0.450. The standard InChI is InChI=1S/C25H20ClN3O3/c1-14-19(26)8-7-17-18(12-21(29-24(14)17)20-5-3-4-10-27-20)25(30)28-15(2)16-6-9-22-23(11-16)32-13-31-22/h3-12,15H,13H2,1-2H3,(H,28,30)/t15-/m1/s1. The van der Waals surface area contributed by atoms with Gasteiger partial charge < -0.3 is 14.8 Å². The third kappa shape index (κ3) is 3.63. The van der Waals surface area contributed by atoms with E-state index < -0.39 is 0 Å². The average molecular weight is 446 g/mol. The molecule has 0 unspecified atom stereocenters. The molecule has 1 aliphatic rings. The van der Waals surface area contributed by atoms with Gasteiger partial charge in [-0.3, -0.25) is 9.78 Å². The van der Waals surface area contributed by atoms with E-state index in [9.17, 15) is 4.79 Å². The Balaban J connectivity index is 1.55. The molecule has 1 atom stereocenters. The number of aryl methyl sites for hydroxylation is 1. The monoisotopic (exact) mass is 445 g/mol. The summed E-state index contributed by atoms with van der Waals surface area (Å²) in [6.45, 7) is 4.04. The number of ether oxygens (including phenoxy) is 2. The summed E-state index contributed by atoms with van der Waals surface area (Å²) in [6, 6.07) is 16.4. The van der Waals surface area contributed by atoms with Crippen molar-refractivity contribution in [2.24, 2.45) is 0 Å². The number of rotatable bonds is 4. The second-order valence-electron chi connectivity index (χ2n) is 7.65. The van der Waals surface area contributed by atoms with Crippen LogP contribution in [-0.2, 0) is 0 Å². The molecule has 0 saturated carbocycles. The van der Waals surface area contributed by atoms with Gasteiger partial charge in [0, 0.05) is 16.6 Å². The largest absolute Gasteiger partial charge is 0.454 e. The van der Waals surface area contributed by atoms with Gasteiger partial charge in [0.05, 0.1) is 28.5 Å². The molecule has 5 rings (SSSR count). The van der Waals surface area contributed by atoms with E-state index in [1.54, 1.807) is 18.3 Å². The van der Waals surface area contributed by atoms with Crippen LogP contribution >= 0.6 is 11.6 Å². The van der Waals surface area contributed by atoms with Gasteiger partial charge in [-0.25, -0.2) is 4.98 Å². The minimum absolute atomic E-state index is 0.207. The number of nitrogens with zero attached hydrogens (tertiary/aromatic N) is 2. The van der Waals surface area contributed by atoms with E-state index >= 15 is 0 Å². The fraction of sp³-hybridized carbons (Fsp3) is 0.160. The van der Waals surface area contributed by atoms with Gasteiger partial charge in [-0.1, -0.05) is 29.8 Å². The van der Waals surface area contributed by atoms with Crippen LogP contribution in [0.1, 0.15) is 34.5 Å². The number of carbonyl (C=O) groups is 1. The van der Waals surface area contributed by atoms with Crippen LogP contribution in [0.15, 0.2) is 60.8 Å². The van der Waals surface area contributed by atoms with Crippen molar-refractivity contribution in [2.45, 2.75) is 19.9 Å². The first-order valence-electron chi connectivity index (χ1n) is 10.2. The highest BCUT2D eigenvalue weighted by molar-refractivity contribution is 6.32. The predicted molar refractivity (Wildman–Crippen MR) is 123 cm³/mol. The number of nitrogens with one attached hydrogen (secondary N) is 1. The molecule has 1 aliphatic heterocycles. The van der Waals surface area contributed by atoms with Crippen molar-refractivity contribution in [3.63, 3.8) is 0 Å². The first kappa shape index (κ1) is 20.3. The van der Waals surface area contributed by atoms with E-state index in [2.05, 4.69) is 10.3 Å². The number of halogens is 1. The van der Waals surface area contributed by atoms with E-state index in [-0.39, 0.29) is 18.7 Å². The molecular weight excluding hydrogens is 426 g/mol. The second kappa shape index (κ2) is 8.13. The molecule has 6 nitrogen and oxygen atoms in total. The molecule has 160 valence electrons. The normalized spacial score (nSPS) is 13.2. The summed E-state index contributed by atoms with van der Waals surface area (Å²) in [5, 5.41) is 4.43. The number of aromatic nitrogens is 2. The molecule has 0 fully saturated rings. The summed E-state index contributed by atoms with van der Waals surface area (Å²) in [5.74, 6) is 1.18. The van der Waals surface area contributed by atoms with Gasteiger partial charge in [0.25, 0.3) is 5.91 Å². The number of pyridine rings is 2. The Morgan fingerprint density at radius 2 is 1.91 bits per heavy atom. The summed E-state index contributed by atoms with van der Waals surface area (Å²) >= 11 is 6.35. The maximum atomic E-state index is 13.4. The van der Waals surface area contributed by atoms with Gasteiger partial charge in [-0.2, -0.15) is 0 Å². The molecule has 0 bridgehead atoms. The van der Waals surface area contributed by atoms with Crippen molar-refractivity contribution in [2.75, 3.05) is 6.79 Å². The molecular formula is C25H20ClN3O3. The van der Waals surface area contributed by atoms with Crippen molar-refractivity contribution >= 4 is 28.4 Å². The third-order valence-electron chi connectivity index (χ3n) is 5.58. The Bertz CT molecular complexity index is 1340. The lowest BCUT2D eigenvalue weighted by Gasteiger charge is -2.17. The Labute approximate surface area is 190 Å². The Hall–Kier alpha value is -3.64. The fourth-order valence-corrected chi connectivity index (χ4v) is 3.93. The van der Waals surface area contributed by atoms with Crippen LogP contribution in [0.25, 0.3) is 22.3 Å². The minimum atomic E-state index is -0.244. The van der Waals surface area contributed by atoms with E-state index in [1.807, 2.05) is 56.3 Å². The first-order valence-corrected chi connectivity index (χ1v) is 10.6. The van der Waals surface area contributed by atoms with Crippen LogP contribution in [-0.4, -0.2) is 22.7 Å². The maximum absolute atomic E-state index is 13.4. The number of amides is 1. The van der Waals surface area contributed by atoms with Crippen molar-refractivity contribution in [3.8, 4) is 22.9 Å². The molecule has 4 aromatic rings. The SMILES string of the molecule is Cc1c(Cl)ccc2c(C(=O)N[C@H](C)c3ccc4c(c3)OCO4)cc(-c3ccccn3)nc12. The lowest BCUT2D eigenvalue weighted by molar-refractivity contribution is 0.0941. The van der Waals surface area contributed by atoms with Crippen LogP contribution in [0.3, 0.4) is 0 Å². The number of hydrogen-bond acceptors (Lipinski definition) is 5. The van der Waals surface area contributed by atoms with E-state index in [4.69, 9.17) is 26.1 Å². The average Bonchev–Trinajstić information content (AvgIpc) is 3.29. The van der Waals surface area contributed by atoms with Gasteiger partial charge in [0.1, 0.15) is 0 Å². The smallest absolute Gasteiger partial charge is 0.252 e. The summed E-state index contributed by atoms with van der Waals surface area (Å²) in [4.78, 5) is 22.6. The fourth-order valence-electron chi connectivity index (χ4n) is 3.78. The van der Waals surface area contributed by atoms with E-state index in [0.29, 0.717) is 39.0 Å². The zero-order valence-corrected chi connectivity index (χ0v) is 18.3. The number of hydrogen-bond donors (Lipinski definition) is 1. The molecule has 1 amide bonds. The van der Waals surface area contributed by atoms with Crippen LogP contribution in [0, 0.1) is 6.92 Å². The zero-order chi connectivity index (χ0) is 22.2. The highest BCUT2D eigenvalue weighted by Crippen LogP contribution is 2.34. The van der Waals surface area contributed by atoms with Gasteiger partial charge in [-0.05, 0) is 61.4 Å². The summed E-state index contributed by atoms with van der Waals surface area (Å²) in [6.07, 6.45) is 1.70. The molecule has 0 radical (unpaired) electrons. The summed E-state index contributed by atoms with van der Waals surface area (Å²) < 4.78 is 10.8. The van der Waals surface area contributed by atoms with Crippen molar-refractivity contribution < 1.29 is 14.3 Å². The summed E-state index contributed by atoms with van der Waals surface area (Å²) in [7, 11) is 0. The van der Waals surface area contributed by atoms with Crippen LogP contribution in [0.4, 0.5) is 0 Å². The number of fused-ring (bicyclic) bond motifs is 2. The van der Waals surface area contributed by atoms with Crippen molar-refractivity contribution in [3.05, 3.63) is 82.5 Å². The maximum Gasteiger partial charge on any atom is 0.252 e. The highest BCUT2D eigenvalue weighted by Gasteiger charge is 2.20. The molecule has 0 aliphatic carbocycles. The van der Waals surface area contributed by atoms with E-state index in [1.165, 1.54) is 0 Å². The van der Waals surface area contributed by atoms with Crippen molar-refractivity contribution in [1.82, 2.24) is 15.3 Å². The van der Waals surface area contributed by atoms with Gasteiger partial charge in [0.15, 0.2) is 11.5 Å². The van der Waals surface area contributed by atoms with Gasteiger partial charge in [0.2, 0.25) is 6.79 Å². The molecule has 2 aromatic carbocycles. The Morgan fingerprint density at radius 3 is 2.72 bits per heavy atom. The number of benzene rings is 2. The zero-order valence-electron chi connectivity index (χ0n) is 17.6. The molecule has 0 spiro atoms. The van der Waals surface area contributed by atoms with Crippen LogP contribution in [0.2, 0.25) is 5.02 Å². The predicted octanol–water partition coefficient (Wildman–Crippen LogP) is 5.48. The van der Waals surface area contributed by atoms with Gasteiger partial charge in [-0.15, -0.1) is 0 Å². The molecule has 0 saturated heterocycles. The topological polar surface area (TPSA) is 73.3 Å². The van der Waals surface area contributed by atoms with Crippen molar-refractivity contribution in [1.29, 1.82) is 0 Å². The lowest BCUT2D eigenvalue weighted by Crippen LogP contribution is -2.27. The molecule has 2 aromatic heterocycles. The third-order valence-corrected chi connectivity index (χ3v) is 5.99. The van der Waals surface area contributed by atoms with Gasteiger partial charge >= 0.3 is 0 Å². The summed E-state index contributed by atoms with van der Waals surface area (Å²) in [5.41, 5.74) is 4.24. The Kier molecular flexibility index (Phi) is 5.15. The lowest BCUT2D eigenvalue weighted by atomic mass is 10.0. The molecule has 1 N–H and O–H groups in total. The van der Waals surface area contributed by atoms with E-state index in [0.717, 1.165) is 16.5 Å². The highest BCUT2D eigenvalue weighted by atomic mass is 35.5. The number of carbonyl (C=O) groups excluding carboxylic acids is 1. The Morgan fingerprint density at radius 1 is 1.06 bits per heavy atom.